The maximum Gasteiger partial charge on any atom is 0.310 e. The highest BCUT2D eigenvalue weighted by atomic mass is 19.1. The zero-order valence-electron chi connectivity index (χ0n) is 11.6. The fourth-order valence-electron chi connectivity index (χ4n) is 2.52. The Morgan fingerprint density at radius 2 is 1.95 bits per heavy atom. The van der Waals surface area contributed by atoms with E-state index < -0.39 is 0 Å². The Balaban J connectivity index is 1.97. The normalized spacial score (nSPS) is 21.9. The summed E-state index contributed by atoms with van der Waals surface area (Å²) in [6.07, 6.45) is 0.223. The molecule has 1 heterocycles. The molecule has 0 radical (unpaired) electrons. The molecule has 2 atom stereocenters. The first-order chi connectivity index (χ1) is 9.51. The molecule has 1 aromatic rings. The molecule has 1 fully saturated rings. The monoisotopic (exact) mass is 279 g/mol. The second-order valence-electron chi connectivity index (χ2n) is 5.21. The zero-order valence-corrected chi connectivity index (χ0v) is 11.6. The molecule has 1 saturated heterocycles. The maximum atomic E-state index is 12.8. The fourth-order valence-corrected chi connectivity index (χ4v) is 2.52. The van der Waals surface area contributed by atoms with Gasteiger partial charge in [0, 0.05) is 13.1 Å². The van der Waals surface area contributed by atoms with Gasteiger partial charge in [-0.3, -0.25) is 9.59 Å². The van der Waals surface area contributed by atoms with Crippen molar-refractivity contribution in [3.8, 4) is 0 Å². The maximum absolute atomic E-state index is 12.8. The van der Waals surface area contributed by atoms with E-state index in [1.165, 1.54) is 19.2 Å². The molecule has 1 amide bonds. The zero-order chi connectivity index (χ0) is 14.7. The highest BCUT2D eigenvalue weighted by Crippen LogP contribution is 2.24. The summed E-state index contributed by atoms with van der Waals surface area (Å²) in [7, 11) is 1.36. The van der Waals surface area contributed by atoms with Crippen LogP contribution in [0, 0.1) is 17.7 Å². The van der Waals surface area contributed by atoms with Crippen molar-refractivity contribution in [1.82, 2.24) is 4.90 Å². The number of halogens is 1. The van der Waals surface area contributed by atoms with Crippen LogP contribution in [0.15, 0.2) is 24.3 Å². The molecule has 0 aliphatic carbocycles. The van der Waals surface area contributed by atoms with Gasteiger partial charge in [-0.1, -0.05) is 19.1 Å². The average molecular weight is 279 g/mol. The molecule has 2 unspecified atom stereocenters. The van der Waals surface area contributed by atoms with Crippen LogP contribution in [-0.2, 0) is 20.7 Å². The van der Waals surface area contributed by atoms with Gasteiger partial charge < -0.3 is 9.64 Å². The Morgan fingerprint density at radius 1 is 1.30 bits per heavy atom. The predicted octanol–water partition coefficient (Wildman–Crippen LogP) is 1.64. The van der Waals surface area contributed by atoms with E-state index >= 15 is 0 Å². The summed E-state index contributed by atoms with van der Waals surface area (Å²) in [5.74, 6) is -0.789. The SMILES string of the molecule is COC(=O)C1CN(C(=O)Cc2ccc(F)cc2)CC1C. The number of amides is 1. The quantitative estimate of drug-likeness (QED) is 0.790. The van der Waals surface area contributed by atoms with Crippen molar-refractivity contribution in [3.63, 3.8) is 0 Å². The highest BCUT2D eigenvalue weighted by Gasteiger charge is 2.37. The number of nitrogens with zero attached hydrogens (tertiary/aromatic N) is 1. The number of likely N-dealkylation sites (tertiary alicyclic amines) is 1. The van der Waals surface area contributed by atoms with E-state index in [-0.39, 0.29) is 36.0 Å². The second kappa shape index (κ2) is 6.03. The van der Waals surface area contributed by atoms with Crippen molar-refractivity contribution in [1.29, 1.82) is 0 Å². The summed E-state index contributed by atoms with van der Waals surface area (Å²) in [4.78, 5) is 25.4. The van der Waals surface area contributed by atoms with E-state index in [1.54, 1.807) is 17.0 Å². The molecule has 0 spiro atoms. The van der Waals surface area contributed by atoms with Gasteiger partial charge in [0.15, 0.2) is 0 Å². The van der Waals surface area contributed by atoms with E-state index in [2.05, 4.69) is 0 Å². The summed E-state index contributed by atoms with van der Waals surface area (Å²) >= 11 is 0. The minimum absolute atomic E-state index is 0.0464. The summed E-state index contributed by atoms with van der Waals surface area (Å²) in [6.45, 7) is 2.89. The van der Waals surface area contributed by atoms with Gasteiger partial charge in [-0.05, 0) is 23.6 Å². The lowest BCUT2D eigenvalue weighted by Crippen LogP contribution is -2.31. The number of rotatable bonds is 3. The van der Waals surface area contributed by atoms with E-state index in [9.17, 15) is 14.0 Å². The Labute approximate surface area is 117 Å². The van der Waals surface area contributed by atoms with E-state index in [0.29, 0.717) is 13.1 Å². The largest absolute Gasteiger partial charge is 0.469 e. The van der Waals surface area contributed by atoms with Crippen LogP contribution in [0.3, 0.4) is 0 Å². The van der Waals surface area contributed by atoms with Crippen LogP contribution in [0.1, 0.15) is 12.5 Å². The number of carbonyl (C=O) groups excluding carboxylic acids is 2. The van der Waals surface area contributed by atoms with Crippen molar-refractivity contribution in [3.05, 3.63) is 35.6 Å². The number of esters is 1. The average Bonchev–Trinajstić information content (AvgIpc) is 2.82. The molecule has 108 valence electrons. The van der Waals surface area contributed by atoms with Crippen molar-refractivity contribution >= 4 is 11.9 Å². The van der Waals surface area contributed by atoms with Gasteiger partial charge in [0.05, 0.1) is 19.4 Å². The number of carbonyl (C=O) groups is 2. The van der Waals surface area contributed by atoms with Crippen LogP contribution < -0.4 is 0 Å². The van der Waals surface area contributed by atoms with Crippen LogP contribution in [0.2, 0.25) is 0 Å². The first-order valence-electron chi connectivity index (χ1n) is 6.61. The molecule has 0 bridgehead atoms. The number of hydrogen-bond donors (Lipinski definition) is 0. The van der Waals surface area contributed by atoms with Crippen molar-refractivity contribution in [2.45, 2.75) is 13.3 Å². The van der Waals surface area contributed by atoms with Crippen LogP contribution in [0.5, 0.6) is 0 Å². The van der Waals surface area contributed by atoms with E-state index in [4.69, 9.17) is 4.74 Å². The lowest BCUT2D eigenvalue weighted by Gasteiger charge is -2.16. The summed E-state index contributed by atoms with van der Waals surface area (Å²) < 4.78 is 17.6. The number of hydrogen-bond acceptors (Lipinski definition) is 3. The smallest absolute Gasteiger partial charge is 0.310 e. The Bertz CT molecular complexity index is 500. The number of methoxy groups -OCH3 is 1. The van der Waals surface area contributed by atoms with Crippen LogP contribution in [-0.4, -0.2) is 37.0 Å². The van der Waals surface area contributed by atoms with Crippen molar-refractivity contribution < 1.29 is 18.7 Å². The minimum atomic E-state index is -0.318. The van der Waals surface area contributed by atoms with Gasteiger partial charge in [0.2, 0.25) is 5.91 Å². The van der Waals surface area contributed by atoms with Crippen LogP contribution in [0.4, 0.5) is 4.39 Å². The molecule has 1 aliphatic heterocycles. The van der Waals surface area contributed by atoms with Crippen molar-refractivity contribution in [2.75, 3.05) is 20.2 Å². The fraction of sp³-hybridized carbons (Fsp3) is 0.467. The first kappa shape index (κ1) is 14.5. The molecule has 2 rings (SSSR count). The third kappa shape index (κ3) is 3.15. The van der Waals surface area contributed by atoms with Crippen LogP contribution >= 0.6 is 0 Å². The van der Waals surface area contributed by atoms with Gasteiger partial charge >= 0.3 is 5.97 Å². The molecule has 5 heteroatoms. The summed E-state index contributed by atoms with van der Waals surface area (Å²) in [6, 6.07) is 5.88. The third-order valence-corrected chi connectivity index (χ3v) is 3.74. The Morgan fingerprint density at radius 3 is 2.55 bits per heavy atom. The molecule has 4 nitrogen and oxygen atoms in total. The third-order valence-electron chi connectivity index (χ3n) is 3.74. The Kier molecular flexibility index (Phi) is 4.37. The molecule has 0 N–H and O–H groups in total. The van der Waals surface area contributed by atoms with Gasteiger partial charge in [-0.25, -0.2) is 4.39 Å². The molecule has 0 aromatic heterocycles. The standard InChI is InChI=1S/C15H18FNO3/c1-10-8-17(9-13(10)15(19)20-2)14(18)7-11-3-5-12(16)6-4-11/h3-6,10,13H,7-9H2,1-2H3. The topological polar surface area (TPSA) is 46.6 Å². The van der Waals surface area contributed by atoms with Crippen LogP contribution in [0.25, 0.3) is 0 Å². The molecular formula is C15H18FNO3. The molecule has 0 saturated carbocycles. The molecule has 20 heavy (non-hydrogen) atoms. The van der Waals surface area contributed by atoms with E-state index in [0.717, 1.165) is 5.56 Å². The van der Waals surface area contributed by atoms with Gasteiger partial charge in [0.25, 0.3) is 0 Å². The number of ether oxygens (including phenoxy) is 1. The molecule has 1 aliphatic rings. The first-order valence-corrected chi connectivity index (χ1v) is 6.61. The molecule has 1 aromatic carbocycles. The van der Waals surface area contributed by atoms with Crippen molar-refractivity contribution in [2.24, 2.45) is 11.8 Å². The van der Waals surface area contributed by atoms with Gasteiger partial charge in [-0.2, -0.15) is 0 Å². The Hall–Kier alpha value is -1.91. The molecular weight excluding hydrogens is 261 g/mol. The number of benzene rings is 1. The summed E-state index contributed by atoms with van der Waals surface area (Å²) in [5, 5.41) is 0. The van der Waals surface area contributed by atoms with Gasteiger partial charge in [-0.15, -0.1) is 0 Å². The highest BCUT2D eigenvalue weighted by molar-refractivity contribution is 5.81. The van der Waals surface area contributed by atoms with E-state index in [1.807, 2.05) is 6.92 Å². The summed E-state index contributed by atoms with van der Waals surface area (Å²) in [5.41, 5.74) is 0.769. The lowest BCUT2D eigenvalue weighted by atomic mass is 9.99. The second-order valence-corrected chi connectivity index (χ2v) is 5.21. The predicted molar refractivity (Wildman–Crippen MR) is 71.4 cm³/mol. The minimum Gasteiger partial charge on any atom is -0.469 e. The lowest BCUT2D eigenvalue weighted by molar-refractivity contribution is -0.146. The van der Waals surface area contributed by atoms with Gasteiger partial charge in [0.1, 0.15) is 5.82 Å².